The van der Waals surface area contributed by atoms with Gasteiger partial charge in [0.15, 0.2) is 0 Å². The maximum Gasteiger partial charge on any atom is 0.269 e. The maximum atomic E-state index is 12.1. The van der Waals surface area contributed by atoms with Crippen molar-refractivity contribution in [3.05, 3.63) is 64.7 Å². The van der Waals surface area contributed by atoms with Gasteiger partial charge in [-0.25, -0.2) is 0 Å². The Kier molecular flexibility index (Phi) is 6.93. The molecule has 0 aliphatic carbocycles. The molecule has 0 heterocycles. The van der Waals surface area contributed by atoms with Crippen molar-refractivity contribution in [3.8, 4) is 5.75 Å². The standard InChI is InChI=1S/C20H23N3O4/c1-4-27-16-8-6-15(7-9-16)19(25)21-12-18(24)22-23-20(26)17-10-5-13(2)11-14(17)3/h5-11H,4,12H2,1-3H3,(H,21,25)(H,22,24)(H,23,26). The average molecular weight is 369 g/mol. The van der Waals surface area contributed by atoms with Crippen LogP contribution >= 0.6 is 0 Å². The number of ether oxygens (including phenoxy) is 1. The SMILES string of the molecule is CCOc1ccc(C(=O)NCC(=O)NNC(=O)c2ccc(C)cc2C)cc1. The third-order valence-electron chi connectivity index (χ3n) is 3.78. The van der Waals surface area contributed by atoms with Crippen LogP contribution in [0, 0.1) is 13.8 Å². The highest BCUT2D eigenvalue weighted by Gasteiger charge is 2.11. The van der Waals surface area contributed by atoms with Crippen LogP contribution in [0.3, 0.4) is 0 Å². The van der Waals surface area contributed by atoms with Gasteiger partial charge in [-0.15, -0.1) is 0 Å². The van der Waals surface area contributed by atoms with Gasteiger partial charge in [0, 0.05) is 11.1 Å². The minimum absolute atomic E-state index is 0.265. The third kappa shape index (κ3) is 5.85. The Morgan fingerprint density at radius 1 is 0.926 bits per heavy atom. The fourth-order valence-corrected chi connectivity index (χ4v) is 2.44. The second-order valence-corrected chi connectivity index (χ2v) is 5.96. The van der Waals surface area contributed by atoms with Crippen molar-refractivity contribution in [2.24, 2.45) is 0 Å². The molecule has 0 aromatic heterocycles. The minimum Gasteiger partial charge on any atom is -0.494 e. The summed E-state index contributed by atoms with van der Waals surface area (Å²) < 4.78 is 5.31. The van der Waals surface area contributed by atoms with Crippen molar-refractivity contribution in [3.63, 3.8) is 0 Å². The van der Waals surface area contributed by atoms with E-state index in [9.17, 15) is 14.4 Å². The number of rotatable bonds is 6. The highest BCUT2D eigenvalue weighted by atomic mass is 16.5. The lowest BCUT2D eigenvalue weighted by Gasteiger charge is -2.10. The number of aryl methyl sites for hydroxylation is 2. The molecule has 0 spiro atoms. The topological polar surface area (TPSA) is 96.5 Å². The summed E-state index contributed by atoms with van der Waals surface area (Å²) in [6.45, 7) is 5.90. The van der Waals surface area contributed by atoms with Crippen molar-refractivity contribution in [1.82, 2.24) is 16.2 Å². The molecule has 3 N–H and O–H groups in total. The summed E-state index contributed by atoms with van der Waals surface area (Å²) in [6.07, 6.45) is 0. The van der Waals surface area contributed by atoms with E-state index >= 15 is 0 Å². The summed E-state index contributed by atoms with van der Waals surface area (Å²) in [5.74, 6) is -0.680. The highest BCUT2D eigenvalue weighted by molar-refractivity contribution is 5.98. The van der Waals surface area contributed by atoms with Crippen LogP contribution in [0.2, 0.25) is 0 Å². The first-order valence-electron chi connectivity index (χ1n) is 8.58. The summed E-state index contributed by atoms with van der Waals surface area (Å²) in [5, 5.41) is 2.49. The van der Waals surface area contributed by atoms with E-state index in [4.69, 9.17) is 4.74 Å². The maximum absolute atomic E-state index is 12.1. The van der Waals surface area contributed by atoms with Gasteiger partial charge in [-0.05, 0) is 56.7 Å². The first-order chi connectivity index (χ1) is 12.9. The van der Waals surface area contributed by atoms with Crippen LogP contribution in [0.1, 0.15) is 38.8 Å². The van der Waals surface area contributed by atoms with E-state index in [1.807, 2.05) is 32.9 Å². The van der Waals surface area contributed by atoms with Crippen LogP contribution in [0.5, 0.6) is 5.75 Å². The first-order valence-corrected chi connectivity index (χ1v) is 8.58. The molecule has 0 unspecified atom stereocenters. The monoisotopic (exact) mass is 369 g/mol. The normalized spacial score (nSPS) is 10.0. The molecule has 0 aliphatic rings. The van der Waals surface area contributed by atoms with Crippen LogP contribution in [0.4, 0.5) is 0 Å². The molecule has 3 amide bonds. The predicted octanol–water partition coefficient (Wildman–Crippen LogP) is 1.89. The number of amides is 3. The molecule has 0 fully saturated rings. The molecule has 0 aliphatic heterocycles. The van der Waals surface area contributed by atoms with Crippen molar-refractivity contribution < 1.29 is 19.1 Å². The molecule has 0 bridgehead atoms. The van der Waals surface area contributed by atoms with Crippen molar-refractivity contribution in [2.75, 3.05) is 13.2 Å². The summed E-state index contributed by atoms with van der Waals surface area (Å²) in [4.78, 5) is 36.0. The number of nitrogens with one attached hydrogen (secondary N) is 3. The second kappa shape index (κ2) is 9.38. The number of hydrogen-bond acceptors (Lipinski definition) is 4. The number of carbonyl (C=O) groups excluding carboxylic acids is 3. The molecule has 0 saturated carbocycles. The Bertz CT molecular complexity index is 832. The molecular formula is C20H23N3O4. The van der Waals surface area contributed by atoms with Gasteiger partial charge in [0.1, 0.15) is 5.75 Å². The van der Waals surface area contributed by atoms with Crippen molar-refractivity contribution >= 4 is 17.7 Å². The summed E-state index contributed by atoms with van der Waals surface area (Å²) in [7, 11) is 0. The zero-order chi connectivity index (χ0) is 19.8. The van der Waals surface area contributed by atoms with Gasteiger partial charge in [-0.3, -0.25) is 25.2 Å². The molecule has 7 nitrogen and oxygen atoms in total. The summed E-state index contributed by atoms with van der Waals surface area (Å²) in [6, 6.07) is 12.0. The largest absolute Gasteiger partial charge is 0.494 e. The Balaban J connectivity index is 1.80. The fourth-order valence-electron chi connectivity index (χ4n) is 2.44. The minimum atomic E-state index is -0.535. The number of carbonyl (C=O) groups is 3. The summed E-state index contributed by atoms with van der Waals surface area (Å²) in [5.41, 5.74) is 7.36. The third-order valence-corrected chi connectivity index (χ3v) is 3.78. The highest BCUT2D eigenvalue weighted by Crippen LogP contribution is 2.12. The van der Waals surface area contributed by atoms with Gasteiger partial charge >= 0.3 is 0 Å². The average Bonchev–Trinajstić information content (AvgIpc) is 2.65. The van der Waals surface area contributed by atoms with E-state index in [1.165, 1.54) is 0 Å². The fraction of sp³-hybridized carbons (Fsp3) is 0.250. The molecule has 0 radical (unpaired) electrons. The lowest BCUT2D eigenvalue weighted by Crippen LogP contribution is -2.46. The van der Waals surface area contributed by atoms with E-state index in [0.717, 1.165) is 11.1 Å². The van der Waals surface area contributed by atoms with Crippen LogP contribution in [0.25, 0.3) is 0 Å². The molecular weight excluding hydrogens is 346 g/mol. The molecule has 142 valence electrons. The molecule has 2 aromatic rings. The van der Waals surface area contributed by atoms with Gasteiger partial charge in [0.05, 0.1) is 13.2 Å². The van der Waals surface area contributed by atoms with Gasteiger partial charge in [-0.1, -0.05) is 17.7 Å². The molecule has 27 heavy (non-hydrogen) atoms. The van der Waals surface area contributed by atoms with Crippen LogP contribution < -0.4 is 20.9 Å². The Labute approximate surface area is 158 Å². The number of hydrogen-bond donors (Lipinski definition) is 3. The second-order valence-electron chi connectivity index (χ2n) is 5.96. The van der Waals surface area contributed by atoms with Gasteiger partial charge in [0.25, 0.3) is 17.7 Å². The van der Waals surface area contributed by atoms with E-state index < -0.39 is 17.7 Å². The van der Waals surface area contributed by atoms with Gasteiger partial charge < -0.3 is 10.1 Å². The summed E-state index contributed by atoms with van der Waals surface area (Å²) >= 11 is 0. The van der Waals surface area contributed by atoms with Crippen LogP contribution in [-0.2, 0) is 4.79 Å². The smallest absolute Gasteiger partial charge is 0.269 e. The zero-order valence-corrected chi connectivity index (χ0v) is 15.6. The number of hydrazine groups is 1. The van der Waals surface area contributed by atoms with Gasteiger partial charge in [0.2, 0.25) is 0 Å². The Morgan fingerprint density at radius 2 is 1.63 bits per heavy atom. The molecule has 0 atom stereocenters. The van der Waals surface area contributed by atoms with Gasteiger partial charge in [-0.2, -0.15) is 0 Å². The van der Waals surface area contributed by atoms with Crippen LogP contribution in [0.15, 0.2) is 42.5 Å². The van der Waals surface area contributed by atoms with E-state index in [2.05, 4.69) is 16.2 Å². The van der Waals surface area contributed by atoms with E-state index in [0.29, 0.717) is 23.5 Å². The van der Waals surface area contributed by atoms with E-state index in [1.54, 1.807) is 30.3 Å². The quantitative estimate of drug-likeness (QED) is 0.678. The molecule has 2 aromatic carbocycles. The van der Waals surface area contributed by atoms with Crippen molar-refractivity contribution in [1.29, 1.82) is 0 Å². The Morgan fingerprint density at radius 3 is 2.26 bits per heavy atom. The lowest BCUT2D eigenvalue weighted by molar-refractivity contribution is -0.120. The molecule has 7 heteroatoms. The Hall–Kier alpha value is -3.35. The van der Waals surface area contributed by atoms with Crippen LogP contribution in [-0.4, -0.2) is 30.9 Å². The van der Waals surface area contributed by atoms with Crippen molar-refractivity contribution in [2.45, 2.75) is 20.8 Å². The molecule has 0 saturated heterocycles. The zero-order valence-electron chi connectivity index (χ0n) is 15.6. The molecule has 2 rings (SSSR count). The number of benzene rings is 2. The predicted molar refractivity (Wildman–Crippen MR) is 101 cm³/mol. The first kappa shape index (κ1) is 20.0. The lowest BCUT2D eigenvalue weighted by atomic mass is 10.1. The van der Waals surface area contributed by atoms with E-state index in [-0.39, 0.29) is 6.54 Å².